The van der Waals surface area contributed by atoms with E-state index in [2.05, 4.69) is 16.0 Å². The Morgan fingerprint density at radius 2 is 1.90 bits per heavy atom. The molecule has 160 valence electrons. The van der Waals surface area contributed by atoms with Gasteiger partial charge in [-0.05, 0) is 49.9 Å². The van der Waals surface area contributed by atoms with Crippen molar-refractivity contribution >= 4 is 22.9 Å². The lowest BCUT2D eigenvalue weighted by Crippen LogP contribution is -2.50. The fourth-order valence-corrected chi connectivity index (χ4v) is 4.52. The number of likely N-dealkylation sites (tertiary alicyclic amines) is 1. The van der Waals surface area contributed by atoms with Gasteiger partial charge < -0.3 is 19.5 Å². The fraction of sp³-hybridized carbons (Fsp3) is 0.478. The van der Waals surface area contributed by atoms with Gasteiger partial charge in [0, 0.05) is 31.2 Å². The summed E-state index contributed by atoms with van der Waals surface area (Å²) in [5.74, 6) is 2.28. The lowest BCUT2D eigenvalue weighted by molar-refractivity contribution is -0.143. The number of nitrogens with one attached hydrogen (secondary N) is 1. The lowest BCUT2D eigenvalue weighted by atomic mass is 10.2. The van der Waals surface area contributed by atoms with Gasteiger partial charge in [-0.3, -0.25) is 4.79 Å². The second kappa shape index (κ2) is 7.60. The Morgan fingerprint density at radius 3 is 2.74 bits per heavy atom. The quantitative estimate of drug-likeness (QED) is 0.701. The standard InChI is InChI=1S/C23H26N6O2/c30-23(28-10-1-2-11-28)19-14-29(12-13-31-19)20-9-8-18-22(26-20)27-21(25-18)17-5-3-4-16(24-17)15-6-7-15/h3-5,8-9,15,19H,1-2,6-7,10-14H2,(H,25,26,27). The van der Waals surface area contributed by atoms with E-state index in [1.54, 1.807) is 0 Å². The molecule has 31 heavy (non-hydrogen) atoms. The van der Waals surface area contributed by atoms with E-state index >= 15 is 0 Å². The molecule has 1 amide bonds. The number of pyridine rings is 2. The zero-order valence-electron chi connectivity index (χ0n) is 17.5. The van der Waals surface area contributed by atoms with Crippen molar-refractivity contribution < 1.29 is 9.53 Å². The first kappa shape index (κ1) is 18.7. The summed E-state index contributed by atoms with van der Waals surface area (Å²) in [6.45, 7) is 3.44. The molecule has 2 saturated heterocycles. The molecular weight excluding hydrogens is 392 g/mol. The number of aromatic nitrogens is 4. The first-order valence-electron chi connectivity index (χ1n) is 11.2. The molecule has 1 aliphatic carbocycles. The van der Waals surface area contributed by atoms with Crippen LogP contribution in [-0.2, 0) is 9.53 Å². The fourth-order valence-electron chi connectivity index (χ4n) is 4.52. The van der Waals surface area contributed by atoms with Crippen molar-refractivity contribution in [3.8, 4) is 11.5 Å². The van der Waals surface area contributed by atoms with Crippen LogP contribution in [0.1, 0.15) is 37.3 Å². The summed E-state index contributed by atoms with van der Waals surface area (Å²) >= 11 is 0. The van der Waals surface area contributed by atoms with E-state index in [0.29, 0.717) is 31.3 Å². The molecule has 0 aromatic carbocycles. The zero-order chi connectivity index (χ0) is 20.8. The number of imidazole rings is 1. The Balaban J connectivity index is 1.23. The molecule has 1 saturated carbocycles. The van der Waals surface area contributed by atoms with Crippen LogP contribution < -0.4 is 4.90 Å². The van der Waals surface area contributed by atoms with Crippen molar-refractivity contribution in [2.45, 2.75) is 37.7 Å². The van der Waals surface area contributed by atoms with E-state index in [1.807, 2.05) is 29.2 Å². The third-order valence-electron chi connectivity index (χ3n) is 6.42. The van der Waals surface area contributed by atoms with Gasteiger partial charge in [0.05, 0.1) is 18.7 Å². The van der Waals surface area contributed by atoms with Gasteiger partial charge in [0.2, 0.25) is 0 Å². The van der Waals surface area contributed by atoms with Gasteiger partial charge >= 0.3 is 0 Å². The molecule has 8 nitrogen and oxygen atoms in total. The predicted molar refractivity (Wildman–Crippen MR) is 117 cm³/mol. The van der Waals surface area contributed by atoms with Crippen LogP contribution in [0.25, 0.3) is 22.7 Å². The summed E-state index contributed by atoms with van der Waals surface area (Å²) in [4.78, 5) is 34.4. The van der Waals surface area contributed by atoms with Gasteiger partial charge in [-0.1, -0.05) is 6.07 Å². The number of aromatic amines is 1. The molecule has 8 heteroatoms. The first-order chi connectivity index (χ1) is 15.2. The normalized spacial score (nSPS) is 21.7. The summed E-state index contributed by atoms with van der Waals surface area (Å²) in [5, 5.41) is 0. The molecule has 5 heterocycles. The van der Waals surface area contributed by atoms with Gasteiger partial charge in [0.25, 0.3) is 5.91 Å². The highest BCUT2D eigenvalue weighted by molar-refractivity contribution is 5.82. The minimum atomic E-state index is -0.423. The van der Waals surface area contributed by atoms with E-state index in [4.69, 9.17) is 19.7 Å². The number of morpholine rings is 1. The molecule has 3 aliphatic rings. The van der Waals surface area contributed by atoms with Crippen LogP contribution >= 0.6 is 0 Å². The molecule has 6 rings (SSSR count). The molecule has 0 bridgehead atoms. The Morgan fingerprint density at radius 1 is 1.03 bits per heavy atom. The van der Waals surface area contributed by atoms with Crippen molar-refractivity contribution in [1.82, 2.24) is 24.8 Å². The number of anilines is 1. The Hall–Kier alpha value is -3.00. The Labute approximate surface area is 180 Å². The summed E-state index contributed by atoms with van der Waals surface area (Å²) in [5.41, 5.74) is 3.55. The smallest absolute Gasteiger partial charge is 0.253 e. The second-order valence-corrected chi connectivity index (χ2v) is 8.69. The van der Waals surface area contributed by atoms with E-state index in [-0.39, 0.29) is 5.91 Å². The van der Waals surface area contributed by atoms with Crippen LogP contribution in [0, 0.1) is 0 Å². The lowest BCUT2D eigenvalue weighted by Gasteiger charge is -2.34. The highest BCUT2D eigenvalue weighted by Gasteiger charge is 2.32. The molecule has 1 atom stereocenters. The van der Waals surface area contributed by atoms with Crippen LogP contribution in [0.15, 0.2) is 30.3 Å². The topological polar surface area (TPSA) is 87.2 Å². The average molecular weight is 419 g/mol. The number of rotatable bonds is 4. The molecule has 2 aliphatic heterocycles. The highest BCUT2D eigenvalue weighted by atomic mass is 16.5. The van der Waals surface area contributed by atoms with Gasteiger partial charge in [-0.25, -0.2) is 15.0 Å². The summed E-state index contributed by atoms with van der Waals surface area (Å²) in [6, 6.07) is 10.1. The minimum Gasteiger partial charge on any atom is -0.365 e. The zero-order valence-corrected chi connectivity index (χ0v) is 17.5. The average Bonchev–Trinajstić information content (AvgIpc) is 3.35. The molecule has 3 fully saturated rings. The van der Waals surface area contributed by atoms with Gasteiger partial charge in [0.15, 0.2) is 17.6 Å². The predicted octanol–water partition coefficient (Wildman–Crippen LogP) is 2.72. The van der Waals surface area contributed by atoms with E-state index in [0.717, 1.165) is 54.5 Å². The molecule has 1 N–H and O–H groups in total. The molecule has 0 spiro atoms. The van der Waals surface area contributed by atoms with E-state index < -0.39 is 6.10 Å². The number of nitrogens with zero attached hydrogens (tertiary/aromatic N) is 5. The number of carbonyl (C=O) groups is 1. The van der Waals surface area contributed by atoms with Crippen molar-refractivity contribution in [2.24, 2.45) is 0 Å². The molecule has 3 aromatic rings. The van der Waals surface area contributed by atoms with Gasteiger partial charge in [0.1, 0.15) is 11.5 Å². The Bertz CT molecular complexity index is 1120. The number of carbonyl (C=O) groups excluding carboxylic acids is 1. The summed E-state index contributed by atoms with van der Waals surface area (Å²) < 4.78 is 5.80. The van der Waals surface area contributed by atoms with Crippen LogP contribution in [-0.4, -0.2) is 69.6 Å². The second-order valence-electron chi connectivity index (χ2n) is 8.69. The van der Waals surface area contributed by atoms with Crippen molar-refractivity contribution in [2.75, 3.05) is 37.7 Å². The highest BCUT2D eigenvalue weighted by Crippen LogP contribution is 2.39. The van der Waals surface area contributed by atoms with Crippen molar-refractivity contribution in [1.29, 1.82) is 0 Å². The van der Waals surface area contributed by atoms with Crippen molar-refractivity contribution in [3.05, 3.63) is 36.0 Å². The molecule has 0 radical (unpaired) electrons. The monoisotopic (exact) mass is 418 g/mol. The maximum atomic E-state index is 12.8. The number of ether oxygens (including phenoxy) is 1. The first-order valence-corrected chi connectivity index (χ1v) is 11.2. The third-order valence-corrected chi connectivity index (χ3v) is 6.42. The minimum absolute atomic E-state index is 0.104. The summed E-state index contributed by atoms with van der Waals surface area (Å²) in [7, 11) is 0. The maximum Gasteiger partial charge on any atom is 0.253 e. The van der Waals surface area contributed by atoms with Gasteiger partial charge in [-0.2, -0.15) is 0 Å². The van der Waals surface area contributed by atoms with Crippen molar-refractivity contribution in [3.63, 3.8) is 0 Å². The van der Waals surface area contributed by atoms with E-state index in [1.165, 1.54) is 12.8 Å². The summed E-state index contributed by atoms with van der Waals surface area (Å²) in [6.07, 6.45) is 4.19. The number of hydrogen-bond acceptors (Lipinski definition) is 6. The van der Waals surface area contributed by atoms with Crippen LogP contribution in [0.4, 0.5) is 5.82 Å². The van der Waals surface area contributed by atoms with Crippen LogP contribution in [0.3, 0.4) is 0 Å². The number of fused-ring (bicyclic) bond motifs is 1. The maximum absolute atomic E-state index is 12.8. The van der Waals surface area contributed by atoms with Crippen LogP contribution in [0.2, 0.25) is 0 Å². The molecular formula is C23H26N6O2. The van der Waals surface area contributed by atoms with Gasteiger partial charge in [-0.15, -0.1) is 0 Å². The molecule has 1 unspecified atom stereocenters. The van der Waals surface area contributed by atoms with E-state index in [9.17, 15) is 4.79 Å². The third kappa shape index (κ3) is 3.65. The Kier molecular flexibility index (Phi) is 4.60. The number of hydrogen-bond donors (Lipinski definition) is 1. The molecule has 3 aromatic heterocycles. The largest absolute Gasteiger partial charge is 0.365 e. The van der Waals surface area contributed by atoms with Crippen LogP contribution in [0.5, 0.6) is 0 Å². The SMILES string of the molecule is O=C(C1CN(c2ccc3[nH]c(-c4cccc(C5CC5)n4)nc3n2)CCO1)N1CCCC1. The number of H-pyrrole nitrogens is 1. The number of amides is 1.